The van der Waals surface area contributed by atoms with Crippen LogP contribution in [0.3, 0.4) is 0 Å². The fourth-order valence-corrected chi connectivity index (χ4v) is 2.40. The van der Waals surface area contributed by atoms with Crippen molar-refractivity contribution in [1.29, 1.82) is 0 Å². The summed E-state index contributed by atoms with van der Waals surface area (Å²) in [6.45, 7) is 2.68. The Hall–Kier alpha value is -2.29. The van der Waals surface area contributed by atoms with Gasteiger partial charge in [-0.15, -0.1) is 0 Å². The van der Waals surface area contributed by atoms with Gasteiger partial charge in [-0.2, -0.15) is 0 Å². The normalized spacial score (nSPS) is 10.8. The lowest BCUT2D eigenvalue weighted by Gasteiger charge is -2.07. The van der Waals surface area contributed by atoms with Gasteiger partial charge >= 0.3 is 0 Å². The van der Waals surface area contributed by atoms with Crippen LogP contribution in [0.4, 0.5) is 0 Å². The van der Waals surface area contributed by atoms with E-state index >= 15 is 0 Å². The molecule has 3 heteroatoms. The number of nitrogens with zero attached hydrogens (tertiary/aromatic N) is 2. The van der Waals surface area contributed by atoms with Crippen LogP contribution in [-0.4, -0.2) is 9.55 Å². The molecule has 3 rings (SSSR count). The van der Waals surface area contributed by atoms with Gasteiger partial charge in [0.1, 0.15) is 12.4 Å². The Morgan fingerprint density at radius 3 is 2.84 bits per heavy atom. The predicted molar refractivity (Wildman–Crippen MR) is 76.2 cm³/mol. The summed E-state index contributed by atoms with van der Waals surface area (Å²) in [5, 5.41) is 1.26. The third kappa shape index (κ3) is 2.19. The third-order valence-electron chi connectivity index (χ3n) is 3.38. The minimum Gasteiger partial charge on any atom is -0.486 e. The molecule has 0 aliphatic rings. The zero-order valence-electron chi connectivity index (χ0n) is 11.1. The van der Waals surface area contributed by atoms with Gasteiger partial charge in [0.05, 0.1) is 17.4 Å². The van der Waals surface area contributed by atoms with Crippen LogP contribution in [0.15, 0.2) is 48.8 Å². The van der Waals surface area contributed by atoms with E-state index in [0.29, 0.717) is 6.61 Å². The average molecular weight is 252 g/mol. The Morgan fingerprint density at radius 1 is 1.21 bits per heavy atom. The van der Waals surface area contributed by atoms with Gasteiger partial charge in [-0.05, 0) is 30.7 Å². The Bertz CT molecular complexity index is 701. The van der Waals surface area contributed by atoms with Gasteiger partial charge in [-0.1, -0.05) is 18.2 Å². The number of para-hydroxylation sites is 1. The molecule has 1 aromatic carbocycles. The number of hydrogen-bond acceptors (Lipinski definition) is 2. The molecule has 0 N–H and O–H groups in total. The summed E-state index contributed by atoms with van der Waals surface area (Å²) < 4.78 is 7.95. The molecule has 0 aliphatic carbocycles. The monoisotopic (exact) mass is 252 g/mol. The number of pyridine rings is 1. The highest BCUT2D eigenvalue weighted by Gasteiger charge is 2.08. The maximum absolute atomic E-state index is 5.76. The summed E-state index contributed by atoms with van der Waals surface area (Å²) in [5.41, 5.74) is 3.72. The van der Waals surface area contributed by atoms with Crippen LogP contribution in [0.2, 0.25) is 0 Å². The van der Waals surface area contributed by atoms with Crippen LogP contribution < -0.4 is 4.74 Å². The maximum atomic E-state index is 5.76. The minimum absolute atomic E-state index is 0.552. The first-order chi connectivity index (χ1) is 9.25. The van der Waals surface area contributed by atoms with Gasteiger partial charge in [-0.25, -0.2) is 0 Å². The molecule has 3 nitrogen and oxygen atoms in total. The summed E-state index contributed by atoms with van der Waals surface area (Å²) in [7, 11) is 2.08. The van der Waals surface area contributed by atoms with Crippen LogP contribution in [0.25, 0.3) is 10.9 Å². The molecule has 96 valence electrons. The maximum Gasteiger partial charge on any atom is 0.138 e. The lowest BCUT2D eigenvalue weighted by molar-refractivity contribution is 0.296. The first-order valence-corrected chi connectivity index (χ1v) is 6.32. The SMILES string of the molecule is Cc1cccc2cc(COc3cccnc3)n(C)c12. The lowest BCUT2D eigenvalue weighted by atomic mass is 10.2. The molecule has 0 radical (unpaired) electrons. The second kappa shape index (κ2) is 4.76. The topological polar surface area (TPSA) is 27.1 Å². The molecule has 19 heavy (non-hydrogen) atoms. The highest BCUT2D eigenvalue weighted by molar-refractivity contribution is 5.84. The Labute approximate surface area is 112 Å². The zero-order valence-corrected chi connectivity index (χ0v) is 11.1. The molecule has 0 saturated heterocycles. The van der Waals surface area contributed by atoms with E-state index in [1.807, 2.05) is 12.1 Å². The van der Waals surface area contributed by atoms with E-state index in [1.54, 1.807) is 12.4 Å². The number of fused-ring (bicyclic) bond motifs is 1. The van der Waals surface area contributed by atoms with Gasteiger partial charge in [-0.3, -0.25) is 4.98 Å². The van der Waals surface area contributed by atoms with Crippen molar-refractivity contribution in [2.45, 2.75) is 13.5 Å². The highest BCUT2D eigenvalue weighted by Crippen LogP contribution is 2.23. The summed E-state index contributed by atoms with van der Waals surface area (Å²) in [5.74, 6) is 0.796. The van der Waals surface area contributed by atoms with Crippen molar-refractivity contribution in [3.8, 4) is 5.75 Å². The van der Waals surface area contributed by atoms with E-state index in [2.05, 4.69) is 47.8 Å². The number of rotatable bonds is 3. The molecular weight excluding hydrogens is 236 g/mol. The fraction of sp³-hybridized carbons (Fsp3) is 0.188. The number of aryl methyl sites for hydroxylation is 2. The summed E-state index contributed by atoms with van der Waals surface area (Å²) in [4.78, 5) is 4.04. The van der Waals surface area contributed by atoms with Crippen molar-refractivity contribution >= 4 is 10.9 Å². The van der Waals surface area contributed by atoms with Gasteiger partial charge in [0, 0.05) is 18.6 Å². The number of hydrogen-bond donors (Lipinski definition) is 0. The van der Waals surface area contributed by atoms with Gasteiger partial charge < -0.3 is 9.30 Å². The molecule has 0 aliphatic heterocycles. The largest absolute Gasteiger partial charge is 0.486 e. The van der Waals surface area contributed by atoms with Crippen molar-refractivity contribution in [2.75, 3.05) is 0 Å². The van der Waals surface area contributed by atoms with E-state index in [-0.39, 0.29) is 0 Å². The molecule has 0 unspecified atom stereocenters. The number of aromatic nitrogens is 2. The molecule has 0 spiro atoms. The van der Waals surface area contributed by atoms with Gasteiger partial charge in [0.15, 0.2) is 0 Å². The summed E-state index contributed by atoms with van der Waals surface area (Å²) >= 11 is 0. The fourth-order valence-electron chi connectivity index (χ4n) is 2.40. The standard InChI is InChI=1S/C16H16N2O/c1-12-5-3-6-13-9-14(18(2)16(12)13)11-19-15-7-4-8-17-10-15/h3-10H,11H2,1-2H3. The molecular formula is C16H16N2O. The van der Waals surface area contributed by atoms with Gasteiger partial charge in [0.2, 0.25) is 0 Å². The predicted octanol–water partition coefficient (Wildman–Crippen LogP) is 3.46. The molecule has 0 amide bonds. The quantitative estimate of drug-likeness (QED) is 0.713. The summed E-state index contributed by atoms with van der Waals surface area (Å²) in [6, 6.07) is 12.3. The highest BCUT2D eigenvalue weighted by atomic mass is 16.5. The van der Waals surface area contributed by atoms with Crippen LogP contribution in [0, 0.1) is 6.92 Å². The van der Waals surface area contributed by atoms with Crippen LogP contribution >= 0.6 is 0 Å². The third-order valence-corrected chi connectivity index (χ3v) is 3.38. The Morgan fingerprint density at radius 2 is 2.11 bits per heavy atom. The van der Waals surface area contributed by atoms with Crippen LogP contribution in [-0.2, 0) is 13.7 Å². The summed E-state index contributed by atoms with van der Waals surface area (Å²) in [6.07, 6.45) is 3.47. The van der Waals surface area contributed by atoms with E-state index in [0.717, 1.165) is 11.4 Å². The van der Waals surface area contributed by atoms with E-state index in [9.17, 15) is 0 Å². The second-order valence-corrected chi connectivity index (χ2v) is 4.68. The van der Waals surface area contributed by atoms with Crippen molar-refractivity contribution in [1.82, 2.24) is 9.55 Å². The van der Waals surface area contributed by atoms with E-state index < -0.39 is 0 Å². The molecule has 3 aromatic rings. The molecule has 0 atom stereocenters. The van der Waals surface area contributed by atoms with Crippen molar-refractivity contribution in [3.05, 3.63) is 60.0 Å². The average Bonchev–Trinajstić information content (AvgIpc) is 2.76. The zero-order chi connectivity index (χ0) is 13.2. The van der Waals surface area contributed by atoms with E-state index in [4.69, 9.17) is 4.74 Å². The lowest BCUT2D eigenvalue weighted by Crippen LogP contribution is -2.02. The van der Waals surface area contributed by atoms with E-state index in [1.165, 1.54) is 16.5 Å². The molecule has 0 bridgehead atoms. The Kier molecular flexibility index (Phi) is 2.95. The minimum atomic E-state index is 0.552. The van der Waals surface area contributed by atoms with Crippen molar-refractivity contribution in [3.63, 3.8) is 0 Å². The Balaban J connectivity index is 1.90. The van der Waals surface area contributed by atoms with Crippen molar-refractivity contribution in [2.24, 2.45) is 7.05 Å². The number of ether oxygens (including phenoxy) is 1. The molecule has 0 saturated carbocycles. The van der Waals surface area contributed by atoms with Crippen molar-refractivity contribution < 1.29 is 4.74 Å². The first-order valence-electron chi connectivity index (χ1n) is 6.32. The molecule has 2 aromatic heterocycles. The number of benzene rings is 1. The van der Waals surface area contributed by atoms with Crippen LogP contribution in [0.5, 0.6) is 5.75 Å². The smallest absolute Gasteiger partial charge is 0.138 e. The first kappa shape index (κ1) is 11.8. The van der Waals surface area contributed by atoms with Gasteiger partial charge in [0.25, 0.3) is 0 Å². The second-order valence-electron chi connectivity index (χ2n) is 4.68. The molecule has 0 fully saturated rings. The van der Waals surface area contributed by atoms with Crippen LogP contribution in [0.1, 0.15) is 11.3 Å². The molecule has 2 heterocycles.